The van der Waals surface area contributed by atoms with Crippen molar-refractivity contribution in [1.82, 2.24) is 0 Å². The highest BCUT2D eigenvalue weighted by atomic mass is 16.5. The van der Waals surface area contributed by atoms with Gasteiger partial charge in [-0.25, -0.2) is 0 Å². The van der Waals surface area contributed by atoms with Crippen molar-refractivity contribution in [3.05, 3.63) is 24.3 Å². The first kappa shape index (κ1) is 13.5. The lowest BCUT2D eigenvalue weighted by atomic mass is 9.99. The zero-order valence-electron chi connectivity index (χ0n) is 10.7. The molecule has 19 heavy (non-hydrogen) atoms. The van der Waals surface area contributed by atoms with Crippen molar-refractivity contribution in [2.24, 2.45) is 5.73 Å². The van der Waals surface area contributed by atoms with Crippen molar-refractivity contribution < 1.29 is 14.3 Å². The van der Waals surface area contributed by atoms with Gasteiger partial charge in [-0.1, -0.05) is 0 Å². The van der Waals surface area contributed by atoms with Crippen molar-refractivity contribution in [1.29, 1.82) is 0 Å². The minimum Gasteiger partial charge on any atom is -0.379 e. The maximum atomic E-state index is 12.0. The van der Waals surface area contributed by atoms with Crippen LogP contribution in [0.1, 0.15) is 13.3 Å². The third-order valence-electron chi connectivity index (χ3n) is 2.97. The second-order valence-electron chi connectivity index (χ2n) is 4.67. The second kappa shape index (κ2) is 5.38. The van der Waals surface area contributed by atoms with E-state index in [4.69, 9.17) is 10.5 Å². The summed E-state index contributed by atoms with van der Waals surface area (Å²) in [5.41, 5.74) is 6.32. The first-order valence-electron chi connectivity index (χ1n) is 6.05. The van der Waals surface area contributed by atoms with Crippen LogP contribution >= 0.6 is 0 Å². The molecular weight excluding hydrogens is 246 g/mol. The van der Waals surface area contributed by atoms with E-state index in [0.29, 0.717) is 24.4 Å². The van der Waals surface area contributed by atoms with Crippen molar-refractivity contribution in [2.75, 3.05) is 23.8 Å². The Hall–Kier alpha value is -1.92. The molecule has 2 amide bonds. The number of amides is 2. The van der Waals surface area contributed by atoms with Gasteiger partial charge in [0.2, 0.25) is 11.8 Å². The van der Waals surface area contributed by atoms with Crippen LogP contribution in [0, 0.1) is 0 Å². The van der Waals surface area contributed by atoms with Crippen LogP contribution in [0.4, 0.5) is 11.4 Å². The SMILES string of the molecule is CC(=O)Nc1ccc(NC(=O)C2(N)CCOC2)cc1. The number of carbonyl (C=O) groups excluding carboxylic acids is 2. The van der Waals surface area contributed by atoms with Gasteiger partial charge in [0.15, 0.2) is 0 Å². The van der Waals surface area contributed by atoms with Gasteiger partial charge in [-0.05, 0) is 30.7 Å². The average molecular weight is 263 g/mol. The van der Waals surface area contributed by atoms with E-state index in [1.807, 2.05) is 0 Å². The molecule has 6 heteroatoms. The molecule has 2 rings (SSSR count). The number of hydrogen-bond donors (Lipinski definition) is 3. The molecule has 1 aliphatic rings. The molecule has 0 aliphatic carbocycles. The molecule has 0 spiro atoms. The molecule has 0 aromatic heterocycles. The summed E-state index contributed by atoms with van der Waals surface area (Å²) in [4.78, 5) is 22.9. The number of ether oxygens (including phenoxy) is 1. The average Bonchev–Trinajstić information content (AvgIpc) is 2.79. The summed E-state index contributed by atoms with van der Waals surface area (Å²) in [6, 6.07) is 6.85. The number of anilines is 2. The fourth-order valence-corrected chi connectivity index (χ4v) is 1.86. The molecule has 1 aromatic rings. The van der Waals surface area contributed by atoms with E-state index in [1.54, 1.807) is 24.3 Å². The molecule has 1 unspecified atom stereocenters. The van der Waals surface area contributed by atoms with Crippen molar-refractivity contribution in [3.63, 3.8) is 0 Å². The fourth-order valence-electron chi connectivity index (χ4n) is 1.86. The third kappa shape index (κ3) is 3.30. The van der Waals surface area contributed by atoms with Crippen LogP contribution in [0.2, 0.25) is 0 Å². The predicted molar refractivity (Wildman–Crippen MR) is 71.7 cm³/mol. The number of nitrogens with one attached hydrogen (secondary N) is 2. The number of carbonyl (C=O) groups is 2. The summed E-state index contributed by atoms with van der Waals surface area (Å²) in [6.45, 7) is 2.18. The molecule has 0 saturated carbocycles. The van der Waals surface area contributed by atoms with E-state index in [0.717, 1.165) is 0 Å². The largest absolute Gasteiger partial charge is 0.379 e. The quantitative estimate of drug-likeness (QED) is 0.748. The maximum absolute atomic E-state index is 12.0. The fraction of sp³-hybridized carbons (Fsp3) is 0.385. The first-order chi connectivity index (χ1) is 8.99. The third-order valence-corrected chi connectivity index (χ3v) is 2.97. The number of hydrogen-bond acceptors (Lipinski definition) is 4. The Morgan fingerprint density at radius 2 is 1.79 bits per heavy atom. The van der Waals surface area contributed by atoms with Gasteiger partial charge in [0.1, 0.15) is 5.54 Å². The summed E-state index contributed by atoms with van der Waals surface area (Å²) < 4.78 is 5.15. The first-order valence-corrected chi connectivity index (χ1v) is 6.05. The second-order valence-corrected chi connectivity index (χ2v) is 4.67. The van der Waals surface area contributed by atoms with E-state index in [1.165, 1.54) is 6.92 Å². The highest BCUT2D eigenvalue weighted by Crippen LogP contribution is 2.19. The smallest absolute Gasteiger partial charge is 0.246 e. The Morgan fingerprint density at radius 1 is 1.21 bits per heavy atom. The molecule has 1 aromatic carbocycles. The Bertz CT molecular complexity index is 478. The molecule has 1 fully saturated rings. The maximum Gasteiger partial charge on any atom is 0.246 e. The minimum atomic E-state index is -0.948. The van der Waals surface area contributed by atoms with Crippen LogP contribution in [-0.4, -0.2) is 30.6 Å². The van der Waals surface area contributed by atoms with E-state index in [9.17, 15) is 9.59 Å². The number of nitrogens with two attached hydrogens (primary N) is 1. The number of benzene rings is 1. The minimum absolute atomic E-state index is 0.138. The molecule has 1 heterocycles. The molecule has 102 valence electrons. The zero-order valence-corrected chi connectivity index (χ0v) is 10.7. The lowest BCUT2D eigenvalue weighted by molar-refractivity contribution is -0.121. The van der Waals surface area contributed by atoms with E-state index in [-0.39, 0.29) is 18.4 Å². The predicted octanol–water partition coefficient (Wildman–Crippen LogP) is 0.701. The molecule has 1 aliphatic heterocycles. The molecular formula is C13H17N3O3. The summed E-state index contributed by atoms with van der Waals surface area (Å²) in [6.07, 6.45) is 0.517. The Morgan fingerprint density at radius 3 is 2.26 bits per heavy atom. The van der Waals surface area contributed by atoms with Crippen LogP contribution in [-0.2, 0) is 14.3 Å². The Balaban J connectivity index is 1.99. The molecule has 1 saturated heterocycles. The van der Waals surface area contributed by atoms with Gasteiger partial charge in [-0.3, -0.25) is 9.59 Å². The lowest BCUT2D eigenvalue weighted by Crippen LogP contribution is -2.51. The standard InChI is InChI=1S/C13H17N3O3/c1-9(17)15-10-2-4-11(5-3-10)16-12(18)13(14)6-7-19-8-13/h2-5H,6-8,14H2,1H3,(H,15,17)(H,16,18). The van der Waals surface area contributed by atoms with Gasteiger partial charge >= 0.3 is 0 Å². The molecule has 0 bridgehead atoms. The van der Waals surface area contributed by atoms with E-state index < -0.39 is 5.54 Å². The van der Waals surface area contributed by atoms with Gasteiger partial charge in [0.05, 0.1) is 6.61 Å². The molecule has 0 radical (unpaired) electrons. The highest BCUT2D eigenvalue weighted by molar-refractivity contribution is 5.98. The van der Waals surface area contributed by atoms with Crippen molar-refractivity contribution in [3.8, 4) is 0 Å². The highest BCUT2D eigenvalue weighted by Gasteiger charge is 2.38. The van der Waals surface area contributed by atoms with Crippen molar-refractivity contribution >= 4 is 23.2 Å². The van der Waals surface area contributed by atoms with Crippen LogP contribution < -0.4 is 16.4 Å². The normalized spacial score (nSPS) is 22.0. The summed E-state index contributed by atoms with van der Waals surface area (Å²) in [5.74, 6) is -0.391. The number of rotatable bonds is 3. The molecule has 4 N–H and O–H groups in total. The lowest BCUT2D eigenvalue weighted by Gasteiger charge is -2.20. The van der Waals surface area contributed by atoms with Crippen LogP contribution in [0.5, 0.6) is 0 Å². The van der Waals surface area contributed by atoms with E-state index >= 15 is 0 Å². The summed E-state index contributed by atoms with van der Waals surface area (Å²) >= 11 is 0. The van der Waals surface area contributed by atoms with Crippen LogP contribution in [0.3, 0.4) is 0 Å². The van der Waals surface area contributed by atoms with Gasteiger partial charge in [0.25, 0.3) is 0 Å². The van der Waals surface area contributed by atoms with Gasteiger partial charge in [-0.2, -0.15) is 0 Å². The summed E-state index contributed by atoms with van der Waals surface area (Å²) in [5, 5.41) is 5.40. The molecule has 6 nitrogen and oxygen atoms in total. The van der Waals surface area contributed by atoms with Gasteiger partial charge in [0, 0.05) is 24.9 Å². The topological polar surface area (TPSA) is 93.5 Å². The van der Waals surface area contributed by atoms with Gasteiger partial charge in [-0.15, -0.1) is 0 Å². The van der Waals surface area contributed by atoms with Crippen LogP contribution in [0.25, 0.3) is 0 Å². The Labute approximate surface area is 111 Å². The van der Waals surface area contributed by atoms with Crippen molar-refractivity contribution in [2.45, 2.75) is 18.9 Å². The monoisotopic (exact) mass is 263 g/mol. The Kier molecular flexibility index (Phi) is 3.82. The van der Waals surface area contributed by atoms with Gasteiger partial charge < -0.3 is 21.1 Å². The van der Waals surface area contributed by atoms with E-state index in [2.05, 4.69) is 10.6 Å². The molecule has 1 atom stereocenters. The van der Waals surface area contributed by atoms with Crippen LogP contribution in [0.15, 0.2) is 24.3 Å². The summed E-state index contributed by atoms with van der Waals surface area (Å²) in [7, 11) is 0. The zero-order chi connectivity index (χ0) is 13.9.